The maximum Gasteiger partial charge on any atom is 0.289 e. The molecule has 0 unspecified atom stereocenters. The van der Waals surface area contributed by atoms with E-state index in [1.54, 1.807) is 6.92 Å². The van der Waals surface area contributed by atoms with Crippen molar-refractivity contribution in [2.24, 2.45) is 0 Å². The quantitative estimate of drug-likeness (QED) is 0.636. The van der Waals surface area contributed by atoms with Crippen molar-refractivity contribution in [3.8, 4) is 0 Å². The van der Waals surface area contributed by atoms with E-state index in [1.165, 1.54) is 16.4 Å². The van der Waals surface area contributed by atoms with Crippen LogP contribution in [0.4, 0.5) is 5.69 Å². The zero-order valence-electron chi connectivity index (χ0n) is 12.8. The second-order valence-electron chi connectivity index (χ2n) is 5.32. The van der Waals surface area contributed by atoms with E-state index in [1.807, 2.05) is 7.05 Å². The summed E-state index contributed by atoms with van der Waals surface area (Å²) in [7, 11) is -1.99. The number of hydrogen-bond donors (Lipinski definition) is 1. The van der Waals surface area contributed by atoms with E-state index in [-0.39, 0.29) is 34.1 Å². The lowest BCUT2D eigenvalue weighted by Gasteiger charge is -2.31. The SMILES string of the molecule is CNC1CCN(S(=O)(=O)c2cc(C)cc([N+](=O)[O-])c2Cl)CC1.Cl. The van der Waals surface area contributed by atoms with Crippen molar-refractivity contribution in [3.05, 3.63) is 32.8 Å². The Morgan fingerprint density at radius 2 is 1.91 bits per heavy atom. The van der Waals surface area contributed by atoms with Gasteiger partial charge in [0, 0.05) is 25.2 Å². The van der Waals surface area contributed by atoms with E-state index in [9.17, 15) is 18.5 Å². The van der Waals surface area contributed by atoms with Gasteiger partial charge in [-0.1, -0.05) is 11.6 Å². The first-order chi connectivity index (χ1) is 10.3. The first-order valence-electron chi connectivity index (χ1n) is 6.89. The Labute approximate surface area is 146 Å². The number of sulfonamides is 1. The third kappa shape index (κ3) is 4.13. The fourth-order valence-corrected chi connectivity index (χ4v) is 4.67. The summed E-state index contributed by atoms with van der Waals surface area (Å²) in [5, 5.41) is 13.8. The number of halogens is 2. The van der Waals surface area contributed by atoms with Gasteiger partial charge in [-0.15, -0.1) is 12.4 Å². The summed E-state index contributed by atoms with van der Waals surface area (Å²) in [6, 6.07) is 2.94. The number of rotatable bonds is 4. The van der Waals surface area contributed by atoms with E-state index in [0.29, 0.717) is 31.5 Å². The van der Waals surface area contributed by atoms with Crippen LogP contribution in [0.25, 0.3) is 0 Å². The molecular weight excluding hydrogens is 365 g/mol. The van der Waals surface area contributed by atoms with Crippen LogP contribution in [-0.2, 0) is 10.0 Å². The van der Waals surface area contributed by atoms with Gasteiger partial charge in [-0.05, 0) is 38.4 Å². The lowest BCUT2D eigenvalue weighted by molar-refractivity contribution is -0.385. The fraction of sp³-hybridized carbons (Fsp3) is 0.538. The summed E-state index contributed by atoms with van der Waals surface area (Å²) >= 11 is 5.98. The van der Waals surface area contributed by atoms with Crippen LogP contribution in [0.15, 0.2) is 17.0 Å². The van der Waals surface area contributed by atoms with Gasteiger partial charge in [0.2, 0.25) is 10.0 Å². The minimum Gasteiger partial charge on any atom is -0.317 e. The van der Waals surface area contributed by atoms with E-state index in [2.05, 4.69) is 5.32 Å². The summed E-state index contributed by atoms with van der Waals surface area (Å²) in [5.41, 5.74) is 0.102. The van der Waals surface area contributed by atoms with Crippen LogP contribution in [0, 0.1) is 17.0 Å². The predicted molar refractivity (Wildman–Crippen MR) is 90.9 cm³/mol. The number of hydrogen-bond acceptors (Lipinski definition) is 5. The van der Waals surface area contributed by atoms with Gasteiger partial charge in [0.05, 0.1) is 4.92 Å². The molecule has 1 aliphatic rings. The molecule has 0 amide bonds. The van der Waals surface area contributed by atoms with Crippen LogP contribution in [0.5, 0.6) is 0 Å². The Morgan fingerprint density at radius 1 is 1.35 bits per heavy atom. The second-order valence-corrected chi connectivity index (χ2v) is 7.60. The van der Waals surface area contributed by atoms with Crippen molar-refractivity contribution < 1.29 is 13.3 Å². The highest BCUT2D eigenvalue weighted by Gasteiger charge is 2.33. The van der Waals surface area contributed by atoms with E-state index in [0.717, 1.165) is 0 Å². The molecule has 1 heterocycles. The Morgan fingerprint density at radius 3 is 2.39 bits per heavy atom. The van der Waals surface area contributed by atoms with Gasteiger partial charge >= 0.3 is 0 Å². The molecule has 0 saturated carbocycles. The maximum atomic E-state index is 12.7. The number of piperidine rings is 1. The van der Waals surface area contributed by atoms with Gasteiger partial charge in [-0.2, -0.15) is 4.31 Å². The average molecular weight is 384 g/mol. The molecule has 1 saturated heterocycles. The third-order valence-electron chi connectivity index (χ3n) is 3.84. The Balaban J connectivity index is 0.00000264. The highest BCUT2D eigenvalue weighted by atomic mass is 35.5. The molecule has 1 fully saturated rings. The number of nitrogens with zero attached hydrogens (tertiary/aromatic N) is 2. The van der Waals surface area contributed by atoms with Crippen molar-refractivity contribution in [1.29, 1.82) is 0 Å². The molecule has 0 aliphatic carbocycles. The van der Waals surface area contributed by atoms with Crippen LogP contribution in [-0.4, -0.2) is 43.8 Å². The van der Waals surface area contributed by atoms with Gasteiger partial charge in [0.25, 0.3) is 5.69 Å². The lowest BCUT2D eigenvalue weighted by atomic mass is 10.1. The molecule has 1 aromatic carbocycles. The highest BCUT2D eigenvalue weighted by Crippen LogP contribution is 2.34. The molecule has 23 heavy (non-hydrogen) atoms. The van der Waals surface area contributed by atoms with Crippen LogP contribution in [0.1, 0.15) is 18.4 Å². The van der Waals surface area contributed by atoms with Crippen LogP contribution >= 0.6 is 24.0 Å². The predicted octanol–water partition coefficient (Wildman–Crippen LogP) is 2.35. The number of nitro benzene ring substituents is 1. The van der Waals surface area contributed by atoms with Crippen molar-refractivity contribution in [3.63, 3.8) is 0 Å². The van der Waals surface area contributed by atoms with Gasteiger partial charge in [-0.3, -0.25) is 10.1 Å². The van der Waals surface area contributed by atoms with E-state index >= 15 is 0 Å². The Bertz CT molecular complexity index is 689. The molecular formula is C13H19Cl2N3O4S. The molecule has 0 spiro atoms. The summed E-state index contributed by atoms with van der Waals surface area (Å²) < 4.78 is 26.8. The average Bonchev–Trinajstić information content (AvgIpc) is 2.48. The summed E-state index contributed by atoms with van der Waals surface area (Å²) in [6.07, 6.45) is 1.39. The van der Waals surface area contributed by atoms with Crippen LogP contribution < -0.4 is 5.32 Å². The molecule has 7 nitrogen and oxygen atoms in total. The van der Waals surface area contributed by atoms with Crippen molar-refractivity contribution in [1.82, 2.24) is 9.62 Å². The zero-order valence-corrected chi connectivity index (χ0v) is 15.2. The van der Waals surface area contributed by atoms with Crippen LogP contribution in [0.3, 0.4) is 0 Å². The lowest BCUT2D eigenvalue weighted by Crippen LogP contribution is -2.43. The monoisotopic (exact) mass is 383 g/mol. The fourth-order valence-electron chi connectivity index (χ4n) is 2.56. The minimum atomic E-state index is -3.83. The number of benzene rings is 1. The van der Waals surface area contributed by atoms with Gasteiger partial charge < -0.3 is 5.32 Å². The Hall–Kier alpha value is -0.930. The zero-order chi connectivity index (χ0) is 16.5. The molecule has 1 aliphatic heterocycles. The molecule has 0 aromatic heterocycles. The first-order valence-corrected chi connectivity index (χ1v) is 8.71. The molecule has 1 N–H and O–H groups in total. The highest BCUT2D eigenvalue weighted by molar-refractivity contribution is 7.89. The summed E-state index contributed by atoms with van der Waals surface area (Å²) in [5.74, 6) is 0. The van der Waals surface area contributed by atoms with Crippen molar-refractivity contribution in [2.45, 2.75) is 30.7 Å². The van der Waals surface area contributed by atoms with Gasteiger partial charge in [0.15, 0.2) is 0 Å². The van der Waals surface area contributed by atoms with E-state index < -0.39 is 14.9 Å². The summed E-state index contributed by atoms with van der Waals surface area (Å²) in [6.45, 7) is 2.34. The molecule has 130 valence electrons. The molecule has 2 rings (SSSR count). The smallest absolute Gasteiger partial charge is 0.289 e. The summed E-state index contributed by atoms with van der Waals surface area (Å²) in [4.78, 5) is 10.2. The molecule has 0 atom stereocenters. The molecule has 0 radical (unpaired) electrons. The van der Waals surface area contributed by atoms with Gasteiger partial charge in [0.1, 0.15) is 9.92 Å². The maximum absolute atomic E-state index is 12.7. The van der Waals surface area contributed by atoms with E-state index in [4.69, 9.17) is 11.6 Å². The topological polar surface area (TPSA) is 92.6 Å². The minimum absolute atomic E-state index is 0. The third-order valence-corrected chi connectivity index (χ3v) is 6.27. The standard InChI is InChI=1S/C13H18ClN3O4S.ClH/c1-9-7-11(17(18)19)13(14)12(8-9)22(20,21)16-5-3-10(15-2)4-6-16;/h7-8,10,15H,3-6H2,1-2H3;1H. The second kappa shape index (κ2) is 7.76. The number of nitro groups is 1. The largest absolute Gasteiger partial charge is 0.317 e. The Kier molecular flexibility index (Phi) is 6.79. The first kappa shape index (κ1) is 20.1. The molecule has 10 heteroatoms. The normalized spacial score (nSPS) is 16.8. The molecule has 0 bridgehead atoms. The van der Waals surface area contributed by atoms with Crippen molar-refractivity contribution in [2.75, 3.05) is 20.1 Å². The number of aryl methyl sites for hydroxylation is 1. The van der Waals surface area contributed by atoms with Crippen molar-refractivity contribution >= 4 is 39.7 Å². The number of nitrogens with one attached hydrogen (secondary N) is 1. The van der Waals surface area contributed by atoms with Crippen LogP contribution in [0.2, 0.25) is 5.02 Å². The molecule has 1 aromatic rings. The van der Waals surface area contributed by atoms with Gasteiger partial charge in [-0.25, -0.2) is 8.42 Å².